The average molecular weight is 295 g/mol. The molecular formula is C20H25NO. The zero-order chi connectivity index (χ0) is 15.2. The lowest BCUT2D eigenvalue weighted by Gasteiger charge is -2.34. The highest BCUT2D eigenvalue weighted by Gasteiger charge is 2.22. The number of piperidine rings is 1. The van der Waals surface area contributed by atoms with E-state index in [1.165, 1.54) is 30.4 Å². The van der Waals surface area contributed by atoms with Crippen molar-refractivity contribution in [1.82, 2.24) is 4.90 Å². The molecule has 116 valence electrons. The molecule has 0 radical (unpaired) electrons. The zero-order valence-corrected chi connectivity index (χ0v) is 13.3. The van der Waals surface area contributed by atoms with E-state index in [-0.39, 0.29) is 12.3 Å². The number of nitrogens with zero attached hydrogens (tertiary/aromatic N) is 1. The van der Waals surface area contributed by atoms with Gasteiger partial charge >= 0.3 is 0 Å². The van der Waals surface area contributed by atoms with E-state index < -0.39 is 0 Å². The van der Waals surface area contributed by atoms with Gasteiger partial charge in [0.15, 0.2) is 0 Å². The zero-order valence-electron chi connectivity index (χ0n) is 13.3. The van der Waals surface area contributed by atoms with Gasteiger partial charge in [-0.15, -0.1) is 0 Å². The Morgan fingerprint density at radius 3 is 1.77 bits per heavy atom. The summed E-state index contributed by atoms with van der Waals surface area (Å²) < 4.78 is 6.49. The lowest BCUT2D eigenvalue weighted by atomic mass is 10.0. The quantitative estimate of drug-likeness (QED) is 0.797. The number of ether oxygens (including phenoxy) is 1. The smallest absolute Gasteiger partial charge is 0.110 e. The molecule has 2 aromatic rings. The Kier molecular flexibility index (Phi) is 5.25. The number of rotatable bonds is 5. The second kappa shape index (κ2) is 7.57. The molecule has 1 aliphatic rings. The van der Waals surface area contributed by atoms with Crippen LogP contribution in [-0.4, -0.2) is 24.2 Å². The highest BCUT2D eigenvalue weighted by molar-refractivity contribution is 5.29. The number of hydrogen-bond acceptors (Lipinski definition) is 2. The predicted octanol–water partition coefficient (Wildman–Crippen LogP) is 4.62. The predicted molar refractivity (Wildman–Crippen MR) is 90.7 cm³/mol. The Morgan fingerprint density at radius 1 is 0.773 bits per heavy atom. The lowest BCUT2D eigenvalue weighted by Crippen LogP contribution is -2.39. The van der Waals surface area contributed by atoms with Crippen LogP contribution in [0.4, 0.5) is 0 Å². The van der Waals surface area contributed by atoms with Crippen molar-refractivity contribution in [1.29, 1.82) is 0 Å². The van der Waals surface area contributed by atoms with Crippen LogP contribution in [0.1, 0.15) is 43.4 Å². The standard InChI is InChI=1S/C20H25NO/c1-17(21-15-9-4-10-16-21)22-20(18-11-5-2-6-12-18)19-13-7-3-8-14-19/h2-3,5-8,11-14,17,20H,4,9-10,15-16H2,1H3. The van der Waals surface area contributed by atoms with Crippen LogP contribution in [0.2, 0.25) is 0 Å². The van der Waals surface area contributed by atoms with Crippen molar-refractivity contribution in [3.05, 3.63) is 71.8 Å². The van der Waals surface area contributed by atoms with Crippen LogP contribution in [0.5, 0.6) is 0 Å². The normalized spacial score (nSPS) is 17.5. The molecule has 2 heteroatoms. The minimum atomic E-state index is -0.000624. The summed E-state index contributed by atoms with van der Waals surface area (Å²) in [4.78, 5) is 2.46. The Bertz CT molecular complexity index is 509. The van der Waals surface area contributed by atoms with Crippen molar-refractivity contribution in [3.63, 3.8) is 0 Å². The van der Waals surface area contributed by atoms with Crippen molar-refractivity contribution in [2.45, 2.75) is 38.5 Å². The van der Waals surface area contributed by atoms with Gasteiger partial charge in [-0.2, -0.15) is 0 Å². The summed E-state index contributed by atoms with van der Waals surface area (Å²) in [5.41, 5.74) is 2.44. The molecule has 0 spiro atoms. The van der Waals surface area contributed by atoms with Crippen LogP contribution >= 0.6 is 0 Å². The molecular weight excluding hydrogens is 270 g/mol. The molecule has 1 unspecified atom stereocenters. The summed E-state index contributed by atoms with van der Waals surface area (Å²) in [5, 5.41) is 0. The molecule has 1 heterocycles. The highest BCUT2D eigenvalue weighted by atomic mass is 16.5. The van der Waals surface area contributed by atoms with Crippen LogP contribution < -0.4 is 0 Å². The van der Waals surface area contributed by atoms with E-state index in [1.807, 2.05) is 0 Å². The first-order valence-corrected chi connectivity index (χ1v) is 8.34. The highest BCUT2D eigenvalue weighted by Crippen LogP contribution is 2.28. The molecule has 0 saturated carbocycles. The van der Waals surface area contributed by atoms with Crippen molar-refractivity contribution < 1.29 is 4.74 Å². The molecule has 1 saturated heterocycles. The van der Waals surface area contributed by atoms with Crippen molar-refractivity contribution in [2.75, 3.05) is 13.1 Å². The topological polar surface area (TPSA) is 12.5 Å². The maximum atomic E-state index is 6.49. The SMILES string of the molecule is CC(OC(c1ccccc1)c1ccccc1)N1CCCCC1. The molecule has 2 aromatic carbocycles. The third kappa shape index (κ3) is 3.76. The van der Waals surface area contributed by atoms with E-state index in [2.05, 4.69) is 72.5 Å². The van der Waals surface area contributed by atoms with Crippen molar-refractivity contribution in [3.8, 4) is 0 Å². The second-order valence-electron chi connectivity index (χ2n) is 6.03. The maximum absolute atomic E-state index is 6.49. The number of benzene rings is 2. The summed E-state index contributed by atoms with van der Waals surface area (Å²) in [5.74, 6) is 0. The van der Waals surface area contributed by atoms with E-state index in [9.17, 15) is 0 Å². The number of hydrogen-bond donors (Lipinski definition) is 0. The summed E-state index contributed by atoms with van der Waals surface area (Å²) in [6.07, 6.45) is 4.07. The average Bonchev–Trinajstić information content (AvgIpc) is 2.62. The van der Waals surface area contributed by atoms with Crippen LogP contribution in [0.25, 0.3) is 0 Å². The Balaban J connectivity index is 1.79. The largest absolute Gasteiger partial charge is 0.351 e. The van der Waals surface area contributed by atoms with Gasteiger partial charge < -0.3 is 4.74 Å². The summed E-state index contributed by atoms with van der Waals surface area (Å²) in [6, 6.07) is 21.1. The van der Waals surface area contributed by atoms with Gasteiger partial charge in [0.05, 0.1) is 0 Å². The summed E-state index contributed by atoms with van der Waals surface area (Å²) in [7, 11) is 0. The van der Waals surface area contributed by atoms with Gasteiger partial charge in [0.25, 0.3) is 0 Å². The first-order chi connectivity index (χ1) is 10.8. The molecule has 2 nitrogen and oxygen atoms in total. The van der Waals surface area contributed by atoms with E-state index >= 15 is 0 Å². The third-order valence-electron chi connectivity index (χ3n) is 4.44. The minimum absolute atomic E-state index is 0.000624. The van der Waals surface area contributed by atoms with E-state index in [1.54, 1.807) is 0 Å². The molecule has 0 aromatic heterocycles. The molecule has 1 atom stereocenters. The van der Waals surface area contributed by atoms with E-state index in [0.29, 0.717) is 0 Å². The first-order valence-electron chi connectivity index (χ1n) is 8.34. The fourth-order valence-electron chi connectivity index (χ4n) is 3.17. The van der Waals surface area contributed by atoms with Gasteiger partial charge in [-0.3, -0.25) is 4.90 Å². The maximum Gasteiger partial charge on any atom is 0.110 e. The molecule has 3 rings (SSSR count). The molecule has 0 N–H and O–H groups in total. The monoisotopic (exact) mass is 295 g/mol. The van der Waals surface area contributed by atoms with Gasteiger partial charge in [0, 0.05) is 13.1 Å². The number of likely N-dealkylation sites (tertiary alicyclic amines) is 1. The molecule has 0 aliphatic carbocycles. The van der Waals surface area contributed by atoms with Crippen molar-refractivity contribution >= 4 is 0 Å². The molecule has 1 fully saturated rings. The minimum Gasteiger partial charge on any atom is -0.351 e. The van der Waals surface area contributed by atoms with Crippen LogP contribution in [0.15, 0.2) is 60.7 Å². The van der Waals surface area contributed by atoms with E-state index in [4.69, 9.17) is 4.74 Å². The van der Waals surface area contributed by atoms with Crippen LogP contribution in [0.3, 0.4) is 0 Å². The Labute approximate surface area is 133 Å². The molecule has 0 amide bonds. The van der Waals surface area contributed by atoms with Gasteiger partial charge in [-0.1, -0.05) is 67.1 Å². The second-order valence-corrected chi connectivity index (χ2v) is 6.03. The molecule has 22 heavy (non-hydrogen) atoms. The van der Waals surface area contributed by atoms with E-state index in [0.717, 1.165) is 13.1 Å². The van der Waals surface area contributed by atoms with Gasteiger partial charge in [-0.05, 0) is 30.9 Å². The van der Waals surface area contributed by atoms with Crippen molar-refractivity contribution in [2.24, 2.45) is 0 Å². The fourth-order valence-corrected chi connectivity index (χ4v) is 3.17. The third-order valence-corrected chi connectivity index (χ3v) is 4.44. The Morgan fingerprint density at radius 2 is 1.27 bits per heavy atom. The van der Waals surface area contributed by atoms with Gasteiger partial charge in [0.1, 0.15) is 12.3 Å². The first kappa shape index (κ1) is 15.3. The summed E-state index contributed by atoms with van der Waals surface area (Å²) >= 11 is 0. The molecule has 0 bridgehead atoms. The molecule has 1 aliphatic heterocycles. The lowest BCUT2D eigenvalue weighted by molar-refractivity contribution is -0.0830. The Hall–Kier alpha value is -1.64. The fraction of sp³-hybridized carbons (Fsp3) is 0.400. The van der Waals surface area contributed by atoms with Gasteiger partial charge in [0.2, 0.25) is 0 Å². The summed E-state index contributed by atoms with van der Waals surface area (Å²) in [6.45, 7) is 4.49. The van der Waals surface area contributed by atoms with Gasteiger partial charge in [-0.25, -0.2) is 0 Å². The van der Waals surface area contributed by atoms with Crippen LogP contribution in [-0.2, 0) is 4.74 Å². The van der Waals surface area contributed by atoms with Crippen LogP contribution in [0, 0.1) is 0 Å².